The van der Waals surface area contributed by atoms with Gasteiger partial charge in [-0.2, -0.15) is 5.10 Å². The van der Waals surface area contributed by atoms with Crippen molar-refractivity contribution >= 4 is 5.78 Å². The third-order valence-electron chi connectivity index (χ3n) is 3.61. The molecule has 21 heavy (non-hydrogen) atoms. The predicted octanol–water partition coefficient (Wildman–Crippen LogP) is 3.87. The maximum absolute atomic E-state index is 13.9. The fourth-order valence-electron chi connectivity index (χ4n) is 2.07. The lowest BCUT2D eigenvalue weighted by molar-refractivity contribution is 0.0983. The Labute approximate surface area is 122 Å². The quantitative estimate of drug-likeness (QED) is 0.784. The molecule has 3 nitrogen and oxygen atoms in total. The van der Waals surface area contributed by atoms with Gasteiger partial charge in [0, 0.05) is 12.2 Å². The summed E-state index contributed by atoms with van der Waals surface area (Å²) < 4.78 is 29.4. The molecule has 2 rings (SSSR count). The van der Waals surface area contributed by atoms with E-state index in [1.165, 1.54) is 13.0 Å². The molecule has 0 spiro atoms. The molecule has 0 saturated heterocycles. The third kappa shape index (κ3) is 3.17. The van der Waals surface area contributed by atoms with E-state index in [-0.39, 0.29) is 18.0 Å². The predicted molar refractivity (Wildman–Crippen MR) is 76.4 cm³/mol. The van der Waals surface area contributed by atoms with Gasteiger partial charge in [0.2, 0.25) is 0 Å². The number of hydrogen-bond acceptors (Lipinski definition) is 2. The van der Waals surface area contributed by atoms with Crippen molar-refractivity contribution in [2.24, 2.45) is 0 Å². The minimum absolute atomic E-state index is 0.110. The summed E-state index contributed by atoms with van der Waals surface area (Å²) in [5.41, 5.74) is 0.290. The van der Waals surface area contributed by atoms with Gasteiger partial charge in [-0.15, -0.1) is 0 Å². The van der Waals surface area contributed by atoms with Crippen LogP contribution in [0.4, 0.5) is 8.78 Å². The van der Waals surface area contributed by atoms with Crippen molar-refractivity contribution in [3.8, 4) is 0 Å². The van der Waals surface area contributed by atoms with Crippen molar-refractivity contribution < 1.29 is 13.6 Å². The van der Waals surface area contributed by atoms with Crippen LogP contribution in [0.25, 0.3) is 0 Å². The van der Waals surface area contributed by atoms with E-state index in [0.29, 0.717) is 5.69 Å². The highest BCUT2D eigenvalue weighted by molar-refractivity contribution is 5.98. The van der Waals surface area contributed by atoms with E-state index in [1.807, 2.05) is 13.8 Å². The van der Waals surface area contributed by atoms with Crippen LogP contribution in [0.2, 0.25) is 0 Å². The molecule has 0 radical (unpaired) electrons. The molecule has 0 N–H and O–H groups in total. The van der Waals surface area contributed by atoms with Crippen LogP contribution in [0.3, 0.4) is 0 Å². The van der Waals surface area contributed by atoms with Gasteiger partial charge in [-0.3, -0.25) is 9.48 Å². The molecule has 0 fully saturated rings. The summed E-state index contributed by atoms with van der Waals surface area (Å²) >= 11 is 0. The molecule has 1 aromatic heterocycles. The summed E-state index contributed by atoms with van der Waals surface area (Å²) in [5, 5.41) is 4.28. The van der Waals surface area contributed by atoms with Crippen LogP contribution in [0.15, 0.2) is 24.4 Å². The van der Waals surface area contributed by atoms with Crippen LogP contribution in [0, 0.1) is 18.6 Å². The van der Waals surface area contributed by atoms with Crippen LogP contribution in [-0.4, -0.2) is 15.6 Å². The molecule has 5 heteroatoms. The summed E-state index contributed by atoms with van der Waals surface area (Å²) in [6, 6.07) is 4.36. The first-order chi connectivity index (χ1) is 9.93. The summed E-state index contributed by atoms with van der Waals surface area (Å²) in [4.78, 5) is 12.1. The summed E-state index contributed by atoms with van der Waals surface area (Å²) in [6.45, 7) is 5.55. The molecule has 0 aliphatic rings. The molecule has 1 unspecified atom stereocenters. The Morgan fingerprint density at radius 3 is 2.71 bits per heavy atom. The van der Waals surface area contributed by atoms with E-state index in [2.05, 4.69) is 5.10 Å². The number of nitrogens with zero attached hydrogens (tertiary/aromatic N) is 2. The molecule has 0 saturated carbocycles. The van der Waals surface area contributed by atoms with Gasteiger partial charge in [0.1, 0.15) is 11.6 Å². The van der Waals surface area contributed by atoms with E-state index in [0.717, 1.165) is 12.5 Å². The highest BCUT2D eigenvalue weighted by Gasteiger charge is 2.20. The van der Waals surface area contributed by atoms with Crippen LogP contribution in [0.5, 0.6) is 0 Å². The molecule has 2 aromatic rings. The van der Waals surface area contributed by atoms with Crippen molar-refractivity contribution in [1.82, 2.24) is 9.78 Å². The smallest absolute Gasteiger partial charge is 0.174 e. The Hall–Kier alpha value is -2.04. The molecular formula is C16H18F2N2O. The average molecular weight is 292 g/mol. The van der Waals surface area contributed by atoms with Crippen LogP contribution >= 0.6 is 0 Å². The standard InChI is InChI=1S/C16H18F2N2O/c1-4-11(3)20-8-7-12(19-20)9-14(21)15-13(17)6-5-10(2)16(15)18/h5-8,11H,4,9H2,1-3H3. The highest BCUT2D eigenvalue weighted by atomic mass is 19.1. The van der Waals surface area contributed by atoms with Gasteiger partial charge in [0.05, 0.1) is 17.7 Å². The van der Waals surface area contributed by atoms with Gasteiger partial charge in [-0.25, -0.2) is 8.78 Å². The number of ketones is 1. The van der Waals surface area contributed by atoms with Gasteiger partial charge >= 0.3 is 0 Å². The zero-order valence-corrected chi connectivity index (χ0v) is 12.4. The largest absolute Gasteiger partial charge is 0.294 e. The molecular weight excluding hydrogens is 274 g/mol. The number of aryl methyl sites for hydroxylation is 1. The number of carbonyl (C=O) groups is 1. The number of carbonyl (C=O) groups excluding carboxylic acids is 1. The van der Waals surface area contributed by atoms with Crippen molar-refractivity contribution in [2.75, 3.05) is 0 Å². The van der Waals surface area contributed by atoms with Gasteiger partial charge < -0.3 is 0 Å². The van der Waals surface area contributed by atoms with Crippen LogP contribution in [0.1, 0.15) is 47.9 Å². The van der Waals surface area contributed by atoms with Gasteiger partial charge in [-0.05, 0) is 38.0 Å². The topological polar surface area (TPSA) is 34.9 Å². The summed E-state index contributed by atoms with van der Waals surface area (Å²) in [7, 11) is 0. The third-order valence-corrected chi connectivity index (χ3v) is 3.61. The molecule has 0 aliphatic heterocycles. The molecule has 0 aliphatic carbocycles. The molecule has 112 valence electrons. The SMILES string of the molecule is CCC(C)n1ccc(CC(=O)c2c(F)ccc(C)c2F)n1. The number of Topliss-reactive ketones (excluding diaryl/α,β-unsaturated/α-hetero) is 1. The monoisotopic (exact) mass is 292 g/mol. The first-order valence-electron chi connectivity index (χ1n) is 6.95. The Balaban J connectivity index is 2.23. The lowest BCUT2D eigenvalue weighted by atomic mass is 10.0. The van der Waals surface area contributed by atoms with Crippen LogP contribution in [-0.2, 0) is 6.42 Å². The maximum atomic E-state index is 13.9. The van der Waals surface area contributed by atoms with Crippen LogP contribution < -0.4 is 0 Å². The van der Waals surface area contributed by atoms with Crippen molar-refractivity contribution in [2.45, 2.75) is 39.7 Å². The van der Waals surface area contributed by atoms with Gasteiger partial charge in [0.15, 0.2) is 5.78 Å². The second-order valence-electron chi connectivity index (χ2n) is 5.20. The zero-order valence-electron chi connectivity index (χ0n) is 12.4. The summed E-state index contributed by atoms with van der Waals surface area (Å²) in [6.07, 6.45) is 2.58. The summed E-state index contributed by atoms with van der Waals surface area (Å²) in [5.74, 6) is -2.21. The normalized spacial score (nSPS) is 12.4. The van der Waals surface area contributed by atoms with Gasteiger partial charge in [-0.1, -0.05) is 13.0 Å². The fourth-order valence-corrected chi connectivity index (χ4v) is 2.07. The van der Waals surface area contributed by atoms with Gasteiger partial charge in [0.25, 0.3) is 0 Å². The number of hydrogen-bond donors (Lipinski definition) is 0. The number of aromatic nitrogens is 2. The highest BCUT2D eigenvalue weighted by Crippen LogP contribution is 2.19. The molecule has 1 aromatic carbocycles. The maximum Gasteiger partial charge on any atom is 0.174 e. The van der Waals surface area contributed by atoms with E-state index < -0.39 is 23.0 Å². The Bertz CT molecular complexity index is 664. The van der Waals surface area contributed by atoms with Crippen molar-refractivity contribution in [1.29, 1.82) is 0 Å². The van der Waals surface area contributed by atoms with E-state index in [1.54, 1.807) is 16.9 Å². The second-order valence-corrected chi connectivity index (χ2v) is 5.20. The van der Waals surface area contributed by atoms with E-state index in [9.17, 15) is 13.6 Å². The van der Waals surface area contributed by atoms with Crippen molar-refractivity contribution in [3.63, 3.8) is 0 Å². The molecule has 0 bridgehead atoms. The minimum atomic E-state index is -0.829. The molecule has 1 heterocycles. The Morgan fingerprint density at radius 1 is 1.33 bits per heavy atom. The Kier molecular flexibility index (Phi) is 4.50. The molecule has 1 atom stereocenters. The fraction of sp³-hybridized carbons (Fsp3) is 0.375. The Morgan fingerprint density at radius 2 is 2.05 bits per heavy atom. The minimum Gasteiger partial charge on any atom is -0.294 e. The molecule has 0 amide bonds. The lowest BCUT2D eigenvalue weighted by Crippen LogP contribution is -2.11. The second kappa shape index (κ2) is 6.16. The number of rotatable bonds is 5. The first-order valence-corrected chi connectivity index (χ1v) is 6.95. The van der Waals surface area contributed by atoms with Crippen molar-refractivity contribution in [3.05, 3.63) is 52.9 Å². The number of benzene rings is 1. The zero-order chi connectivity index (χ0) is 15.6. The van der Waals surface area contributed by atoms with E-state index in [4.69, 9.17) is 0 Å². The number of halogens is 2. The lowest BCUT2D eigenvalue weighted by Gasteiger charge is -2.08. The average Bonchev–Trinajstić information content (AvgIpc) is 2.91. The van der Waals surface area contributed by atoms with E-state index >= 15 is 0 Å². The first kappa shape index (κ1) is 15.4.